The van der Waals surface area contributed by atoms with E-state index in [2.05, 4.69) is 6.07 Å². The lowest BCUT2D eigenvalue weighted by Crippen LogP contribution is -2.04. The first kappa shape index (κ1) is 13.2. The molecule has 1 aromatic heterocycles. The van der Waals surface area contributed by atoms with Gasteiger partial charge < -0.3 is 0 Å². The first-order valence-electron chi connectivity index (χ1n) is 6.16. The quantitative estimate of drug-likeness (QED) is 0.490. The Bertz CT molecular complexity index is 769. The minimum absolute atomic E-state index is 0.394. The molecule has 102 valence electrons. The Morgan fingerprint density at radius 2 is 1.65 bits per heavy atom. The molecule has 0 aliphatic carbocycles. The third kappa shape index (κ3) is 2.20. The van der Waals surface area contributed by atoms with E-state index in [-0.39, 0.29) is 0 Å². The Morgan fingerprint density at radius 3 is 2.40 bits per heavy atom. The maximum absolute atomic E-state index is 12.8. The van der Waals surface area contributed by atoms with E-state index in [0.717, 1.165) is 25.9 Å². The maximum atomic E-state index is 12.8. The van der Waals surface area contributed by atoms with Crippen molar-refractivity contribution in [2.45, 2.75) is 13.1 Å². The van der Waals surface area contributed by atoms with E-state index in [1.54, 1.807) is 6.07 Å². The summed E-state index contributed by atoms with van der Waals surface area (Å²) in [6.45, 7) is 1.98. The summed E-state index contributed by atoms with van der Waals surface area (Å²) in [7, 11) is -0.394. The highest BCUT2D eigenvalue weighted by Gasteiger charge is 2.32. The van der Waals surface area contributed by atoms with Gasteiger partial charge in [-0.2, -0.15) is 13.2 Å². The fourth-order valence-electron chi connectivity index (χ4n) is 2.35. The van der Waals surface area contributed by atoms with Crippen molar-refractivity contribution >= 4 is 20.6 Å². The van der Waals surface area contributed by atoms with Crippen molar-refractivity contribution in [2.75, 3.05) is 0 Å². The van der Waals surface area contributed by atoms with Gasteiger partial charge in [-0.3, -0.25) is 0 Å². The summed E-state index contributed by atoms with van der Waals surface area (Å²) >= 11 is 0. The molecule has 1 heterocycles. The predicted molar refractivity (Wildman–Crippen MR) is 77.5 cm³/mol. The van der Waals surface area contributed by atoms with Crippen LogP contribution < -0.4 is 0 Å². The first-order chi connectivity index (χ1) is 9.47. The summed E-state index contributed by atoms with van der Waals surface area (Å²) in [4.78, 5) is 1.82. The lowest BCUT2D eigenvalue weighted by atomic mass is 10.2. The van der Waals surface area contributed by atoms with Crippen LogP contribution in [0.4, 0.5) is 13.2 Å². The van der Waals surface area contributed by atoms with E-state index >= 15 is 0 Å². The molecule has 0 fully saturated rings. The average molecular weight is 293 g/mol. The Kier molecular flexibility index (Phi) is 3.05. The third-order valence-electron chi connectivity index (χ3n) is 3.22. The van der Waals surface area contributed by atoms with Gasteiger partial charge in [0, 0.05) is 34.9 Å². The molecule has 0 radical (unpaired) electrons. The largest absolute Gasteiger partial charge is 0.416 e. The first-order valence-corrected chi connectivity index (χ1v) is 7.38. The minimum Gasteiger partial charge on any atom is -0.166 e. The molecule has 0 spiro atoms. The van der Waals surface area contributed by atoms with Crippen LogP contribution in [0.5, 0.6) is 0 Å². The molecule has 0 nitrogen and oxygen atoms in total. The molecule has 1 atom stereocenters. The fraction of sp³-hybridized carbons (Fsp3) is 0.125. The fourth-order valence-corrected chi connectivity index (χ4v) is 4.60. The number of aryl methyl sites for hydroxylation is 1. The molecule has 0 saturated heterocycles. The Balaban J connectivity index is 2.24. The molecule has 1 unspecified atom stereocenters. The number of halogens is 3. The van der Waals surface area contributed by atoms with Gasteiger partial charge in [0.25, 0.3) is 0 Å². The van der Waals surface area contributed by atoms with Crippen LogP contribution in [0, 0.1) is 6.92 Å². The molecule has 3 rings (SSSR count). The molecule has 0 bridgehead atoms. The zero-order valence-corrected chi connectivity index (χ0v) is 11.6. The molecule has 2 aromatic carbocycles. The Labute approximate surface area is 117 Å². The molecular formula is C16H12F3S+. The van der Waals surface area contributed by atoms with Gasteiger partial charge in [-0.05, 0) is 24.3 Å². The van der Waals surface area contributed by atoms with E-state index in [9.17, 15) is 13.2 Å². The summed E-state index contributed by atoms with van der Waals surface area (Å²) < 4.78 is 39.6. The van der Waals surface area contributed by atoms with Crippen LogP contribution in [0.15, 0.2) is 54.6 Å². The molecular weight excluding hydrogens is 281 g/mol. The summed E-state index contributed by atoms with van der Waals surface area (Å²) in [5, 5.41) is 1.10. The summed E-state index contributed by atoms with van der Waals surface area (Å²) in [6, 6.07) is 15.6. The summed E-state index contributed by atoms with van der Waals surface area (Å²) in [6.07, 6.45) is -4.30. The van der Waals surface area contributed by atoms with Crippen molar-refractivity contribution in [3.05, 3.63) is 65.0 Å². The maximum Gasteiger partial charge on any atom is 0.416 e. The SMILES string of the molecule is Cc1cc2ccccc2[s+]1-c1cccc(C(F)(F)F)c1. The van der Waals surface area contributed by atoms with E-state index in [1.165, 1.54) is 12.1 Å². The zero-order chi connectivity index (χ0) is 14.3. The van der Waals surface area contributed by atoms with Gasteiger partial charge in [0.1, 0.15) is 0 Å². The van der Waals surface area contributed by atoms with Crippen molar-refractivity contribution in [3.8, 4) is 4.90 Å². The van der Waals surface area contributed by atoms with Crippen molar-refractivity contribution in [1.29, 1.82) is 0 Å². The van der Waals surface area contributed by atoms with E-state index in [1.807, 2.05) is 31.2 Å². The highest BCUT2D eigenvalue weighted by atomic mass is 32.2. The summed E-state index contributed by atoms with van der Waals surface area (Å²) in [5.41, 5.74) is -0.584. The molecule has 0 aliphatic heterocycles. The normalized spacial score (nSPS) is 12.9. The second-order valence-corrected chi connectivity index (χ2v) is 6.79. The molecule has 0 saturated carbocycles. The van der Waals surface area contributed by atoms with Crippen LogP contribution in [-0.2, 0) is 6.18 Å². The molecule has 20 heavy (non-hydrogen) atoms. The van der Waals surface area contributed by atoms with Crippen molar-refractivity contribution < 1.29 is 13.2 Å². The van der Waals surface area contributed by atoms with Gasteiger partial charge in [-0.25, -0.2) is 0 Å². The Hall–Kier alpha value is -1.81. The van der Waals surface area contributed by atoms with Gasteiger partial charge in [-0.1, -0.05) is 18.2 Å². The van der Waals surface area contributed by atoms with Crippen LogP contribution >= 0.6 is 10.5 Å². The standard InChI is InChI=1S/C16H12F3S/c1-11-9-12-5-2-3-8-15(12)20(11)14-7-4-6-13(10-14)16(17,18)19/h2-10H,1H3/q+1. The van der Waals surface area contributed by atoms with Crippen LogP contribution in [0.25, 0.3) is 15.0 Å². The minimum atomic E-state index is -4.30. The molecule has 0 N–H and O–H groups in total. The zero-order valence-electron chi connectivity index (χ0n) is 10.7. The van der Waals surface area contributed by atoms with Gasteiger partial charge in [-0.15, -0.1) is 0 Å². The van der Waals surface area contributed by atoms with Crippen LogP contribution in [0.2, 0.25) is 0 Å². The average Bonchev–Trinajstić information content (AvgIpc) is 2.73. The van der Waals surface area contributed by atoms with Crippen LogP contribution in [0.1, 0.15) is 10.4 Å². The van der Waals surface area contributed by atoms with Gasteiger partial charge >= 0.3 is 6.18 Å². The predicted octanol–water partition coefficient (Wildman–Crippen LogP) is 5.91. The number of alkyl halides is 3. The van der Waals surface area contributed by atoms with Gasteiger partial charge in [0.2, 0.25) is 0 Å². The van der Waals surface area contributed by atoms with Crippen molar-refractivity contribution in [3.63, 3.8) is 0 Å². The second kappa shape index (κ2) is 4.63. The number of fused-ring (bicyclic) bond motifs is 1. The van der Waals surface area contributed by atoms with Gasteiger partial charge in [0.05, 0.1) is 5.56 Å². The van der Waals surface area contributed by atoms with E-state index in [4.69, 9.17) is 0 Å². The molecule has 0 aliphatic rings. The third-order valence-corrected chi connectivity index (χ3v) is 5.52. The number of hydrogen-bond donors (Lipinski definition) is 0. The number of rotatable bonds is 1. The highest BCUT2D eigenvalue weighted by Crippen LogP contribution is 2.44. The molecule has 4 heteroatoms. The lowest BCUT2D eigenvalue weighted by molar-refractivity contribution is -0.137. The second-order valence-electron chi connectivity index (χ2n) is 4.62. The molecule has 3 aromatic rings. The number of thiophene rings is 1. The van der Waals surface area contributed by atoms with Crippen LogP contribution in [-0.4, -0.2) is 0 Å². The number of benzene rings is 2. The van der Waals surface area contributed by atoms with E-state index < -0.39 is 22.2 Å². The van der Waals surface area contributed by atoms with Crippen molar-refractivity contribution in [2.24, 2.45) is 0 Å². The van der Waals surface area contributed by atoms with Crippen LogP contribution in [0.3, 0.4) is 0 Å². The highest BCUT2D eigenvalue weighted by molar-refractivity contribution is 7.45. The van der Waals surface area contributed by atoms with Crippen molar-refractivity contribution in [1.82, 2.24) is 0 Å². The number of hydrogen-bond acceptors (Lipinski definition) is 0. The lowest BCUT2D eigenvalue weighted by Gasteiger charge is -2.05. The molecule has 0 amide bonds. The topological polar surface area (TPSA) is 0 Å². The summed E-state index contributed by atoms with van der Waals surface area (Å²) in [5.74, 6) is 0. The smallest absolute Gasteiger partial charge is 0.166 e. The Morgan fingerprint density at radius 1 is 0.900 bits per heavy atom. The van der Waals surface area contributed by atoms with E-state index in [0.29, 0.717) is 0 Å². The van der Waals surface area contributed by atoms with Gasteiger partial charge in [0.15, 0.2) is 14.5 Å². The monoisotopic (exact) mass is 293 g/mol.